The minimum absolute atomic E-state index is 0.0107. The summed E-state index contributed by atoms with van der Waals surface area (Å²) < 4.78 is 1.51. The largest absolute Gasteiger partial charge is 0.343 e. The monoisotopic (exact) mass is 516 g/mol. The molecule has 10 nitrogen and oxygen atoms in total. The van der Waals surface area contributed by atoms with Crippen molar-refractivity contribution in [3.8, 4) is 16.9 Å². The topological polar surface area (TPSA) is 130 Å². The highest BCUT2D eigenvalue weighted by molar-refractivity contribution is 6.30. The number of nitrogens with one attached hydrogen (secondary N) is 3. The Labute approximate surface area is 218 Å². The number of aromatic amines is 1. The molecule has 3 heterocycles. The zero-order valence-electron chi connectivity index (χ0n) is 19.9. The molecular formula is C26H25ClN8O2. The molecule has 1 aliphatic rings. The molecule has 2 aromatic heterocycles. The molecule has 0 saturated carbocycles. The average molecular weight is 517 g/mol. The van der Waals surface area contributed by atoms with Crippen molar-refractivity contribution in [2.24, 2.45) is 0 Å². The SMILES string of the molecule is O=C(C=Cc1cc(Cl)ccc1-n1cnnn1)NC1CCCCCC(=O)Nc2ccccc2-c2cnc1[nH]2. The van der Waals surface area contributed by atoms with E-state index in [4.69, 9.17) is 11.6 Å². The van der Waals surface area contributed by atoms with Gasteiger partial charge in [-0.2, -0.15) is 4.68 Å². The number of carbonyl (C=O) groups excluding carboxylic acids is 2. The molecule has 3 N–H and O–H groups in total. The van der Waals surface area contributed by atoms with Crippen LogP contribution in [0, 0.1) is 0 Å². The lowest BCUT2D eigenvalue weighted by atomic mass is 10.1. The summed E-state index contributed by atoms with van der Waals surface area (Å²) in [4.78, 5) is 33.3. The summed E-state index contributed by atoms with van der Waals surface area (Å²) in [7, 11) is 0. The Balaban J connectivity index is 1.37. The zero-order chi connectivity index (χ0) is 25.6. The Morgan fingerprint density at radius 3 is 2.92 bits per heavy atom. The van der Waals surface area contributed by atoms with E-state index in [-0.39, 0.29) is 17.9 Å². The lowest BCUT2D eigenvalue weighted by Gasteiger charge is -2.16. The molecule has 2 aromatic carbocycles. The van der Waals surface area contributed by atoms with E-state index in [1.165, 1.54) is 17.1 Å². The maximum absolute atomic E-state index is 13.0. The first-order valence-corrected chi connectivity index (χ1v) is 12.4. The summed E-state index contributed by atoms with van der Waals surface area (Å²) in [6, 6.07) is 12.5. The summed E-state index contributed by atoms with van der Waals surface area (Å²) in [5.41, 5.74) is 3.72. The van der Waals surface area contributed by atoms with Crippen LogP contribution in [0.15, 0.2) is 61.1 Å². The first-order valence-electron chi connectivity index (χ1n) is 12.0. The van der Waals surface area contributed by atoms with E-state index >= 15 is 0 Å². The lowest BCUT2D eigenvalue weighted by Crippen LogP contribution is -2.27. The quantitative estimate of drug-likeness (QED) is 0.343. The number of para-hydroxylation sites is 1. The molecule has 188 valence electrons. The van der Waals surface area contributed by atoms with Gasteiger partial charge in [-0.05, 0) is 53.6 Å². The maximum atomic E-state index is 13.0. The molecular weight excluding hydrogens is 492 g/mol. The minimum Gasteiger partial charge on any atom is -0.343 e. The summed E-state index contributed by atoms with van der Waals surface area (Å²) in [6.45, 7) is 0. The summed E-state index contributed by atoms with van der Waals surface area (Å²) in [5, 5.41) is 17.9. The molecule has 2 amide bonds. The van der Waals surface area contributed by atoms with E-state index in [9.17, 15) is 9.59 Å². The van der Waals surface area contributed by atoms with E-state index in [1.807, 2.05) is 24.3 Å². The van der Waals surface area contributed by atoms with Crippen LogP contribution in [0.5, 0.6) is 0 Å². The van der Waals surface area contributed by atoms with Gasteiger partial charge in [0, 0.05) is 28.6 Å². The van der Waals surface area contributed by atoms with E-state index in [0.717, 1.165) is 36.2 Å². The van der Waals surface area contributed by atoms with Crippen LogP contribution in [0.1, 0.15) is 49.5 Å². The highest BCUT2D eigenvalue weighted by atomic mass is 35.5. The molecule has 1 atom stereocenters. The van der Waals surface area contributed by atoms with Crippen molar-refractivity contribution >= 4 is 35.2 Å². The fourth-order valence-electron chi connectivity index (χ4n) is 4.30. The van der Waals surface area contributed by atoms with Crippen LogP contribution < -0.4 is 10.6 Å². The molecule has 0 aliphatic carbocycles. The summed E-state index contributed by atoms with van der Waals surface area (Å²) in [6.07, 6.45) is 9.95. The Bertz CT molecular complexity index is 1430. The molecule has 11 heteroatoms. The molecule has 0 spiro atoms. The molecule has 5 rings (SSSR count). The van der Waals surface area contributed by atoms with Crippen molar-refractivity contribution in [1.29, 1.82) is 0 Å². The van der Waals surface area contributed by atoms with Crippen LogP contribution in [-0.2, 0) is 9.59 Å². The van der Waals surface area contributed by atoms with Crippen molar-refractivity contribution in [3.63, 3.8) is 0 Å². The van der Waals surface area contributed by atoms with E-state index < -0.39 is 0 Å². The van der Waals surface area contributed by atoms with E-state index in [2.05, 4.69) is 36.1 Å². The zero-order valence-corrected chi connectivity index (χ0v) is 20.7. The van der Waals surface area contributed by atoms with E-state index in [0.29, 0.717) is 34.9 Å². The van der Waals surface area contributed by atoms with Crippen molar-refractivity contribution in [3.05, 3.63) is 77.5 Å². The van der Waals surface area contributed by atoms with Gasteiger partial charge in [0.05, 0.1) is 29.3 Å². The minimum atomic E-state index is -0.319. The molecule has 2 bridgehead atoms. The van der Waals surface area contributed by atoms with Crippen molar-refractivity contribution < 1.29 is 9.59 Å². The molecule has 37 heavy (non-hydrogen) atoms. The van der Waals surface area contributed by atoms with Crippen LogP contribution in [0.4, 0.5) is 5.69 Å². The number of hydrogen-bond acceptors (Lipinski definition) is 6. The first-order chi connectivity index (χ1) is 18.1. The predicted molar refractivity (Wildman–Crippen MR) is 140 cm³/mol. The molecule has 0 radical (unpaired) electrons. The van der Waals surface area contributed by atoms with Gasteiger partial charge in [0.1, 0.15) is 12.2 Å². The van der Waals surface area contributed by atoms with Crippen molar-refractivity contribution in [2.45, 2.75) is 38.1 Å². The first kappa shape index (κ1) is 24.4. The number of anilines is 1. The van der Waals surface area contributed by atoms with Gasteiger partial charge in [-0.25, -0.2) is 4.98 Å². The molecule has 4 aromatic rings. The summed E-state index contributed by atoms with van der Waals surface area (Å²) >= 11 is 6.18. The number of tetrazole rings is 1. The van der Waals surface area contributed by atoms with Crippen molar-refractivity contribution in [1.82, 2.24) is 35.5 Å². The van der Waals surface area contributed by atoms with Gasteiger partial charge in [0.15, 0.2) is 0 Å². The number of nitrogens with zero attached hydrogens (tertiary/aromatic N) is 5. The van der Waals surface area contributed by atoms with Gasteiger partial charge >= 0.3 is 0 Å². The number of fused-ring (bicyclic) bond motifs is 4. The van der Waals surface area contributed by atoms with Crippen LogP contribution >= 0.6 is 11.6 Å². The van der Waals surface area contributed by atoms with Gasteiger partial charge in [0.2, 0.25) is 11.8 Å². The second-order valence-corrected chi connectivity index (χ2v) is 9.16. The highest BCUT2D eigenvalue weighted by Gasteiger charge is 2.19. The highest BCUT2D eigenvalue weighted by Crippen LogP contribution is 2.29. The fourth-order valence-corrected chi connectivity index (χ4v) is 4.48. The Kier molecular flexibility index (Phi) is 7.36. The number of halogens is 1. The summed E-state index contributed by atoms with van der Waals surface area (Å²) in [5.74, 6) is 0.380. The number of aromatic nitrogens is 6. The standard InChI is InChI=1S/C26H25ClN8O2/c27-18-11-12-23(35-16-29-33-34-35)17(14-18)10-13-25(37)31-21-8-2-1-3-9-24(36)30-20-7-5-4-6-19(20)22-15-28-26(21)32-22/h4-7,10-16,21H,1-3,8-9H2,(H,28,32)(H,30,36)(H,31,37). The molecule has 1 aliphatic heterocycles. The molecule has 0 saturated heterocycles. The second-order valence-electron chi connectivity index (χ2n) is 8.73. The number of rotatable bonds is 4. The van der Waals surface area contributed by atoms with Crippen LogP contribution in [0.3, 0.4) is 0 Å². The number of imidazole rings is 1. The van der Waals surface area contributed by atoms with Crippen molar-refractivity contribution in [2.75, 3.05) is 5.32 Å². The van der Waals surface area contributed by atoms with E-state index in [1.54, 1.807) is 30.5 Å². The Hall–Kier alpha value is -4.31. The normalized spacial score (nSPS) is 16.2. The van der Waals surface area contributed by atoms with Crippen LogP contribution in [0.2, 0.25) is 5.02 Å². The molecule has 1 unspecified atom stereocenters. The maximum Gasteiger partial charge on any atom is 0.244 e. The van der Waals surface area contributed by atoms with Gasteiger partial charge in [0.25, 0.3) is 0 Å². The number of H-pyrrole nitrogens is 1. The average Bonchev–Trinajstić information content (AvgIpc) is 3.60. The smallest absolute Gasteiger partial charge is 0.244 e. The third-order valence-electron chi connectivity index (χ3n) is 6.13. The third-order valence-corrected chi connectivity index (χ3v) is 6.36. The number of hydrogen-bond donors (Lipinski definition) is 3. The van der Waals surface area contributed by atoms with Crippen LogP contribution in [0.25, 0.3) is 23.0 Å². The molecule has 0 fully saturated rings. The van der Waals surface area contributed by atoms with Gasteiger partial charge < -0.3 is 15.6 Å². The van der Waals surface area contributed by atoms with Gasteiger partial charge in [-0.15, -0.1) is 5.10 Å². The van der Waals surface area contributed by atoms with Gasteiger partial charge in [-0.3, -0.25) is 9.59 Å². The Morgan fingerprint density at radius 2 is 2.05 bits per heavy atom. The lowest BCUT2D eigenvalue weighted by molar-refractivity contribution is -0.117. The van der Waals surface area contributed by atoms with Crippen LogP contribution in [-0.4, -0.2) is 42.0 Å². The van der Waals surface area contributed by atoms with Gasteiger partial charge in [-0.1, -0.05) is 42.6 Å². The fraction of sp³-hybridized carbons (Fsp3) is 0.231. The third kappa shape index (κ3) is 5.92. The second kappa shape index (κ2) is 11.2. The number of carbonyl (C=O) groups is 2. The number of benzene rings is 2. The number of amides is 2. The predicted octanol–water partition coefficient (Wildman–Crippen LogP) is 4.48. The Morgan fingerprint density at radius 1 is 1.16 bits per heavy atom.